The van der Waals surface area contributed by atoms with Gasteiger partial charge in [-0.3, -0.25) is 13.8 Å². The van der Waals surface area contributed by atoms with Crippen molar-refractivity contribution in [1.29, 1.82) is 0 Å². The Labute approximate surface area is 385 Å². The smallest absolute Gasteiger partial charge is 0.457 e. The van der Waals surface area contributed by atoms with Crippen LogP contribution >= 0.6 is 7.82 Å². The van der Waals surface area contributed by atoms with Crippen molar-refractivity contribution < 1.29 is 32.8 Å². The van der Waals surface area contributed by atoms with E-state index in [4.69, 9.17) is 24.3 Å². The van der Waals surface area contributed by atoms with E-state index in [1.807, 2.05) is 0 Å². The maximum Gasteiger partial charge on any atom is 0.472 e. The molecule has 0 aromatic carbocycles. The Kier molecular flexibility index (Phi) is 50.1. The molecule has 0 heterocycles. The van der Waals surface area contributed by atoms with E-state index in [2.05, 4.69) is 38.2 Å². The van der Waals surface area contributed by atoms with Gasteiger partial charge in [0, 0.05) is 19.6 Å². The molecule has 0 saturated heterocycles. The zero-order chi connectivity index (χ0) is 45.1. The summed E-state index contributed by atoms with van der Waals surface area (Å²) in [4.78, 5) is 22.6. The molecule has 3 N–H and O–H groups in total. The third-order valence-corrected chi connectivity index (χ3v) is 12.9. The molecule has 0 bridgehead atoms. The third-order valence-electron chi connectivity index (χ3n) is 11.9. The summed E-state index contributed by atoms with van der Waals surface area (Å²) in [6.45, 7) is 4.97. The molecule has 2 atom stereocenters. The highest BCUT2D eigenvalue weighted by Gasteiger charge is 2.25. The number of unbranched alkanes of at least 4 members (excludes halogenated alkanes) is 35. The van der Waals surface area contributed by atoms with Gasteiger partial charge in [-0.1, -0.05) is 244 Å². The van der Waals surface area contributed by atoms with Gasteiger partial charge in [0.05, 0.1) is 19.8 Å². The van der Waals surface area contributed by atoms with Crippen LogP contribution in [0.4, 0.5) is 0 Å². The molecule has 0 rings (SSSR count). The van der Waals surface area contributed by atoms with Gasteiger partial charge in [-0.15, -0.1) is 0 Å². The highest BCUT2D eigenvalue weighted by atomic mass is 31.2. The maximum absolute atomic E-state index is 12.7. The molecule has 368 valence electrons. The Balaban J connectivity index is 3.86. The lowest BCUT2D eigenvalue weighted by molar-refractivity contribution is -0.154. The molecule has 0 fully saturated rings. The summed E-state index contributed by atoms with van der Waals surface area (Å²) in [5, 5.41) is 0. The molecule has 0 saturated carbocycles. The van der Waals surface area contributed by atoms with E-state index in [1.54, 1.807) is 0 Å². The van der Waals surface area contributed by atoms with Crippen molar-refractivity contribution in [3.8, 4) is 0 Å². The summed E-state index contributed by atoms with van der Waals surface area (Å²) >= 11 is 0. The maximum atomic E-state index is 12.7. The average Bonchev–Trinajstić information content (AvgIpc) is 3.26. The van der Waals surface area contributed by atoms with Gasteiger partial charge in [0.15, 0.2) is 0 Å². The number of phosphoric ester groups is 1. The van der Waals surface area contributed by atoms with Crippen LogP contribution in [0.15, 0.2) is 24.3 Å². The van der Waals surface area contributed by atoms with Gasteiger partial charge < -0.3 is 20.1 Å². The van der Waals surface area contributed by atoms with Crippen LogP contribution in [0.25, 0.3) is 0 Å². The SMILES string of the molecule is CCCCCCC/C=C\C/C=C\CCCCCCCCCCCCCCCCOCC(COP(=O)(O)OCCN)OC(=O)CCCCCCCCCCCCCCCCCCC. The fourth-order valence-corrected chi connectivity index (χ4v) is 8.68. The molecule has 0 aromatic rings. The third kappa shape index (κ3) is 50.0. The quantitative estimate of drug-likeness (QED) is 0.0268. The molecule has 0 aliphatic heterocycles. The van der Waals surface area contributed by atoms with Crippen LogP contribution in [0.5, 0.6) is 0 Å². The molecule has 0 amide bonds. The van der Waals surface area contributed by atoms with Crippen molar-refractivity contribution in [3.05, 3.63) is 24.3 Å². The minimum absolute atomic E-state index is 0.0924. The summed E-state index contributed by atoms with van der Waals surface area (Å²) in [5.41, 5.74) is 5.39. The molecule has 0 aliphatic rings. The van der Waals surface area contributed by atoms with Crippen LogP contribution in [0, 0.1) is 0 Å². The lowest BCUT2D eigenvalue weighted by Crippen LogP contribution is -2.28. The van der Waals surface area contributed by atoms with Crippen molar-refractivity contribution >= 4 is 13.8 Å². The summed E-state index contributed by atoms with van der Waals surface area (Å²) in [7, 11) is -4.28. The van der Waals surface area contributed by atoms with E-state index in [0.29, 0.717) is 13.0 Å². The fourth-order valence-electron chi connectivity index (χ4n) is 7.91. The van der Waals surface area contributed by atoms with Crippen LogP contribution in [-0.2, 0) is 27.9 Å². The molecular weight excluding hydrogens is 794 g/mol. The molecule has 0 aliphatic carbocycles. The first-order chi connectivity index (χ1) is 30.4. The zero-order valence-corrected chi connectivity index (χ0v) is 42.0. The van der Waals surface area contributed by atoms with Crippen molar-refractivity contribution in [3.63, 3.8) is 0 Å². The van der Waals surface area contributed by atoms with Gasteiger partial charge in [0.1, 0.15) is 6.10 Å². The van der Waals surface area contributed by atoms with Gasteiger partial charge in [-0.25, -0.2) is 4.57 Å². The summed E-state index contributed by atoms with van der Waals surface area (Å²) in [5.74, 6) is -0.324. The van der Waals surface area contributed by atoms with E-state index in [1.165, 1.54) is 212 Å². The molecule has 9 heteroatoms. The Hall–Kier alpha value is -1.02. The minimum Gasteiger partial charge on any atom is -0.457 e. The average molecular weight is 898 g/mol. The normalized spacial score (nSPS) is 13.4. The molecule has 0 radical (unpaired) electrons. The molecule has 62 heavy (non-hydrogen) atoms. The predicted octanol–water partition coefficient (Wildman–Crippen LogP) is 16.8. The summed E-state index contributed by atoms with van der Waals surface area (Å²) < 4.78 is 33.6. The second-order valence-corrected chi connectivity index (χ2v) is 19.6. The van der Waals surface area contributed by atoms with Crippen molar-refractivity contribution in [2.75, 3.05) is 33.0 Å². The Bertz CT molecular complexity index is 1010. The molecule has 0 spiro atoms. The largest absolute Gasteiger partial charge is 0.472 e. The number of hydrogen-bond acceptors (Lipinski definition) is 7. The van der Waals surface area contributed by atoms with Crippen LogP contribution in [0.2, 0.25) is 0 Å². The number of carbonyl (C=O) groups excluding carboxylic acids is 1. The lowest BCUT2D eigenvalue weighted by Gasteiger charge is -2.20. The number of ether oxygens (including phenoxy) is 2. The van der Waals surface area contributed by atoms with E-state index < -0.39 is 13.9 Å². The fraction of sp³-hybridized carbons (Fsp3) is 0.906. The van der Waals surface area contributed by atoms with Gasteiger partial charge in [-0.2, -0.15) is 0 Å². The molecule has 8 nitrogen and oxygen atoms in total. The van der Waals surface area contributed by atoms with Crippen molar-refractivity contribution in [2.45, 2.75) is 277 Å². The minimum atomic E-state index is -4.28. The Morgan fingerprint density at radius 2 is 0.855 bits per heavy atom. The van der Waals surface area contributed by atoms with Crippen LogP contribution < -0.4 is 5.73 Å². The number of esters is 1. The van der Waals surface area contributed by atoms with E-state index in [-0.39, 0.29) is 32.3 Å². The van der Waals surface area contributed by atoms with Gasteiger partial charge in [-0.05, 0) is 44.9 Å². The molecule has 2 unspecified atom stereocenters. The van der Waals surface area contributed by atoms with Crippen molar-refractivity contribution in [1.82, 2.24) is 0 Å². The zero-order valence-electron chi connectivity index (χ0n) is 41.1. The molecule has 0 aromatic heterocycles. The Morgan fingerprint density at radius 1 is 0.484 bits per heavy atom. The van der Waals surface area contributed by atoms with E-state index in [9.17, 15) is 14.3 Å². The number of rotatable bonds is 52. The number of carbonyl (C=O) groups is 1. The number of nitrogens with two attached hydrogens (primary N) is 1. The highest BCUT2D eigenvalue weighted by molar-refractivity contribution is 7.47. The monoisotopic (exact) mass is 898 g/mol. The number of allylic oxidation sites excluding steroid dienone is 4. The number of hydrogen-bond donors (Lipinski definition) is 2. The van der Waals surface area contributed by atoms with Crippen LogP contribution in [-0.4, -0.2) is 49.9 Å². The first-order valence-electron chi connectivity index (χ1n) is 26.8. The second kappa shape index (κ2) is 51.0. The Morgan fingerprint density at radius 3 is 1.26 bits per heavy atom. The predicted molar refractivity (Wildman–Crippen MR) is 266 cm³/mol. The van der Waals surface area contributed by atoms with Crippen LogP contribution in [0.3, 0.4) is 0 Å². The van der Waals surface area contributed by atoms with E-state index in [0.717, 1.165) is 38.5 Å². The van der Waals surface area contributed by atoms with Gasteiger partial charge in [0.2, 0.25) is 0 Å². The van der Waals surface area contributed by atoms with E-state index >= 15 is 0 Å². The standard InChI is InChI=1S/C53H104NO7P/c1-3-5-7-9-11-13-15-17-19-21-22-23-24-25-26-27-28-29-31-33-35-37-39-41-43-45-48-58-50-52(51-60-62(56,57)59-49-47-54)61-53(55)46-44-42-40-38-36-34-32-30-20-18-16-14-12-10-8-6-4-2/h15,17,21-22,52H,3-14,16,18-20,23-51,54H2,1-2H3,(H,56,57)/b17-15-,22-21-. The van der Waals surface area contributed by atoms with Gasteiger partial charge in [0.25, 0.3) is 0 Å². The molecular formula is C53H104NO7P. The van der Waals surface area contributed by atoms with Gasteiger partial charge >= 0.3 is 13.8 Å². The highest BCUT2D eigenvalue weighted by Crippen LogP contribution is 2.43. The number of phosphoric acid groups is 1. The topological polar surface area (TPSA) is 117 Å². The lowest BCUT2D eigenvalue weighted by atomic mass is 10.0. The summed E-state index contributed by atoms with van der Waals surface area (Å²) in [6.07, 6.45) is 59.3. The van der Waals surface area contributed by atoms with Crippen LogP contribution in [0.1, 0.15) is 271 Å². The first-order valence-corrected chi connectivity index (χ1v) is 28.3. The first kappa shape index (κ1) is 61.0. The second-order valence-electron chi connectivity index (χ2n) is 18.1. The summed E-state index contributed by atoms with van der Waals surface area (Å²) in [6, 6.07) is 0. The van der Waals surface area contributed by atoms with Crippen molar-refractivity contribution in [2.24, 2.45) is 5.73 Å².